The molecule has 2 fully saturated rings. The predicted octanol–water partition coefficient (Wildman–Crippen LogP) is 0.151. The zero-order valence-electron chi connectivity index (χ0n) is 29.7. The molecule has 3 rings (SSSR count). The summed E-state index contributed by atoms with van der Waals surface area (Å²) in [6.07, 6.45) is 10.5. The first-order valence-corrected chi connectivity index (χ1v) is 18.4. The molecule has 0 aromatic heterocycles. The first-order chi connectivity index (χ1) is 23.9. The molecule has 282 valence electrons. The van der Waals surface area contributed by atoms with Gasteiger partial charge in [-0.1, -0.05) is 38.8 Å². The van der Waals surface area contributed by atoms with E-state index in [4.69, 9.17) is 17.2 Å². The van der Waals surface area contributed by atoms with Crippen molar-refractivity contribution >= 4 is 35.5 Å². The number of fused-ring (bicyclic) bond motifs is 1. The van der Waals surface area contributed by atoms with Gasteiger partial charge in [-0.25, -0.2) is 4.79 Å². The topological polar surface area (TPSA) is 252 Å². The van der Waals surface area contributed by atoms with Crippen molar-refractivity contribution in [1.82, 2.24) is 26.2 Å². The van der Waals surface area contributed by atoms with Crippen molar-refractivity contribution < 1.29 is 33.9 Å². The number of likely N-dealkylation sites (tertiary alicyclic amines) is 1. The summed E-state index contributed by atoms with van der Waals surface area (Å²) in [6, 6.07) is -6.24. The second-order valence-corrected chi connectivity index (χ2v) is 14.4. The third-order valence-corrected chi connectivity index (χ3v) is 10.0. The van der Waals surface area contributed by atoms with Crippen molar-refractivity contribution in [3.05, 3.63) is 12.2 Å². The molecule has 1 aliphatic carbocycles. The zero-order valence-corrected chi connectivity index (χ0v) is 29.7. The molecule has 3 aliphatic rings. The highest BCUT2D eigenvalue weighted by atomic mass is 16.4. The molecule has 0 spiro atoms. The lowest BCUT2D eigenvalue weighted by atomic mass is 9.84. The molecule has 2 aliphatic heterocycles. The maximum absolute atomic E-state index is 14.6. The second kappa shape index (κ2) is 20.3. The first-order valence-electron chi connectivity index (χ1n) is 18.4. The molecule has 0 unspecified atom stereocenters. The Labute approximate surface area is 295 Å². The normalized spacial score (nSPS) is 29.2. The van der Waals surface area contributed by atoms with Gasteiger partial charge in [-0.15, -0.1) is 0 Å². The Morgan fingerprint density at radius 2 is 1.46 bits per heavy atom. The van der Waals surface area contributed by atoms with Gasteiger partial charge in [-0.2, -0.15) is 0 Å². The lowest BCUT2D eigenvalue weighted by Gasteiger charge is -2.36. The molecular formula is C35H60N8O7. The van der Waals surface area contributed by atoms with Gasteiger partial charge in [0.25, 0.3) is 0 Å². The van der Waals surface area contributed by atoms with Crippen molar-refractivity contribution in [3.8, 4) is 0 Å². The molecule has 0 aromatic rings. The summed E-state index contributed by atoms with van der Waals surface area (Å²) in [4.78, 5) is 82.4. The van der Waals surface area contributed by atoms with E-state index in [0.29, 0.717) is 58.0 Å². The van der Waals surface area contributed by atoms with Crippen LogP contribution in [0.25, 0.3) is 0 Å². The molecule has 50 heavy (non-hydrogen) atoms. The van der Waals surface area contributed by atoms with Crippen LogP contribution < -0.4 is 38.5 Å². The van der Waals surface area contributed by atoms with Crippen molar-refractivity contribution in [1.29, 1.82) is 0 Å². The van der Waals surface area contributed by atoms with Gasteiger partial charge in [0, 0.05) is 6.04 Å². The van der Waals surface area contributed by atoms with E-state index >= 15 is 0 Å². The number of carboxylic acids is 1. The van der Waals surface area contributed by atoms with Crippen LogP contribution in [0, 0.1) is 11.8 Å². The Morgan fingerprint density at radius 3 is 2.06 bits per heavy atom. The van der Waals surface area contributed by atoms with Crippen LogP contribution in [0.4, 0.5) is 0 Å². The number of nitrogens with zero attached hydrogens (tertiary/aromatic N) is 1. The van der Waals surface area contributed by atoms with Crippen LogP contribution in [0.3, 0.4) is 0 Å². The Morgan fingerprint density at radius 1 is 0.880 bits per heavy atom. The van der Waals surface area contributed by atoms with Crippen molar-refractivity contribution in [2.45, 2.75) is 146 Å². The lowest BCUT2D eigenvalue weighted by Crippen LogP contribution is -2.60. The molecule has 0 radical (unpaired) electrons. The maximum Gasteiger partial charge on any atom is 0.326 e. The molecule has 0 bridgehead atoms. The molecule has 2 heterocycles. The van der Waals surface area contributed by atoms with Crippen LogP contribution in [0.15, 0.2) is 12.2 Å². The Balaban J connectivity index is 1.95. The summed E-state index contributed by atoms with van der Waals surface area (Å²) < 4.78 is 0. The average molecular weight is 705 g/mol. The van der Waals surface area contributed by atoms with E-state index in [9.17, 15) is 33.9 Å². The van der Waals surface area contributed by atoms with Gasteiger partial charge in [-0.3, -0.25) is 24.0 Å². The molecule has 11 N–H and O–H groups in total. The van der Waals surface area contributed by atoms with Crippen molar-refractivity contribution in [3.63, 3.8) is 0 Å². The highest BCUT2D eigenvalue weighted by Crippen LogP contribution is 2.40. The van der Waals surface area contributed by atoms with Gasteiger partial charge in [-0.05, 0) is 102 Å². The average Bonchev–Trinajstić information content (AvgIpc) is 3.47. The third-order valence-electron chi connectivity index (χ3n) is 10.0. The molecule has 5 amide bonds. The highest BCUT2D eigenvalue weighted by molar-refractivity contribution is 5.97. The largest absolute Gasteiger partial charge is 0.480 e. The Kier molecular flexibility index (Phi) is 16.6. The fourth-order valence-electron chi connectivity index (χ4n) is 7.30. The molecule has 1 saturated heterocycles. The monoisotopic (exact) mass is 704 g/mol. The standard InChI is InChI=1S/C35H60N8O7/c1-21(2)19-27(35(49)50)42-33(47)29-20-22-11-3-6-16-28(22)43(29)34(48)26-15-5-4-12-23(38)30(44)39-24(13-7-9-17-36)31(45)40-25(32(46)41-26)14-8-10-18-37/h4-5,21-29H,3,6-20,36-38H2,1-2H3,(H,39,44)(H,40,45)(H,41,46)(H,42,47)(H,49,50)/b5-4+/t22-,23-,24-,25-,26-,27-,28-,29-/m0/s1. The van der Waals surface area contributed by atoms with Crippen LogP contribution in [0.2, 0.25) is 0 Å². The molecule has 0 aromatic carbocycles. The summed E-state index contributed by atoms with van der Waals surface area (Å²) in [7, 11) is 0. The van der Waals surface area contributed by atoms with Crippen LogP contribution in [0.5, 0.6) is 0 Å². The number of carboxylic acid groups (broad SMARTS) is 1. The minimum atomic E-state index is -1.14. The summed E-state index contributed by atoms with van der Waals surface area (Å²) in [6.45, 7) is 4.56. The fraction of sp³-hybridized carbons (Fsp3) is 0.771. The molecule has 1 saturated carbocycles. The zero-order chi connectivity index (χ0) is 36.8. The number of hydrogen-bond acceptors (Lipinski definition) is 9. The minimum absolute atomic E-state index is 0.0192. The van der Waals surface area contributed by atoms with E-state index in [1.165, 1.54) is 0 Å². The van der Waals surface area contributed by atoms with Gasteiger partial charge in [0.2, 0.25) is 29.5 Å². The van der Waals surface area contributed by atoms with Crippen LogP contribution in [-0.4, -0.2) is 101 Å². The maximum atomic E-state index is 14.6. The van der Waals surface area contributed by atoms with E-state index in [1.54, 1.807) is 17.1 Å². The van der Waals surface area contributed by atoms with E-state index < -0.39 is 71.8 Å². The number of hydrogen-bond donors (Lipinski definition) is 8. The third kappa shape index (κ3) is 11.8. The first kappa shape index (κ1) is 40.9. The predicted molar refractivity (Wildman–Crippen MR) is 188 cm³/mol. The summed E-state index contributed by atoms with van der Waals surface area (Å²) >= 11 is 0. The number of carbonyl (C=O) groups is 6. The van der Waals surface area contributed by atoms with E-state index in [-0.39, 0.29) is 43.6 Å². The van der Waals surface area contributed by atoms with Crippen LogP contribution >= 0.6 is 0 Å². The Bertz CT molecular complexity index is 1210. The lowest BCUT2D eigenvalue weighted by molar-refractivity contribution is -0.146. The molecule has 15 heteroatoms. The number of amides is 5. The van der Waals surface area contributed by atoms with Crippen LogP contribution in [0.1, 0.15) is 104 Å². The summed E-state index contributed by atoms with van der Waals surface area (Å²) in [5.74, 6) is -3.64. The van der Waals surface area contributed by atoms with Gasteiger partial charge >= 0.3 is 5.97 Å². The highest BCUT2D eigenvalue weighted by Gasteiger charge is 2.49. The van der Waals surface area contributed by atoms with E-state index in [0.717, 1.165) is 19.3 Å². The van der Waals surface area contributed by atoms with Crippen molar-refractivity contribution in [2.75, 3.05) is 13.1 Å². The number of carbonyl (C=O) groups excluding carboxylic acids is 5. The summed E-state index contributed by atoms with van der Waals surface area (Å²) in [5, 5.41) is 20.9. The number of rotatable bonds is 14. The SMILES string of the molecule is CC(C)C[C@H](NC(=O)[C@@H]1C[C@@H]2CCCC[C@@H]2N1C(=O)[C@@H]1C/C=C/C[C@H](N)C(=O)N[C@@H](CCCCN)C(=O)N[C@@H](CCCCN)C(=O)N1)C(=O)O. The molecular weight excluding hydrogens is 644 g/mol. The second-order valence-electron chi connectivity index (χ2n) is 14.4. The summed E-state index contributed by atoms with van der Waals surface area (Å²) in [5.41, 5.74) is 17.5. The van der Waals surface area contributed by atoms with Crippen molar-refractivity contribution in [2.24, 2.45) is 29.0 Å². The van der Waals surface area contributed by atoms with E-state index in [1.807, 2.05) is 13.8 Å². The van der Waals surface area contributed by atoms with Gasteiger partial charge in [0.1, 0.15) is 30.2 Å². The van der Waals surface area contributed by atoms with Gasteiger partial charge in [0.15, 0.2) is 0 Å². The van der Waals surface area contributed by atoms with Gasteiger partial charge < -0.3 is 48.5 Å². The number of aliphatic carboxylic acids is 1. The molecule has 8 atom stereocenters. The smallest absolute Gasteiger partial charge is 0.326 e. The number of nitrogens with one attached hydrogen (secondary N) is 4. The molecule has 15 nitrogen and oxygen atoms in total. The number of unbranched alkanes of at least 4 members (excludes halogenated alkanes) is 2. The van der Waals surface area contributed by atoms with Crippen LogP contribution in [-0.2, 0) is 28.8 Å². The van der Waals surface area contributed by atoms with Gasteiger partial charge in [0.05, 0.1) is 6.04 Å². The minimum Gasteiger partial charge on any atom is -0.480 e. The quantitative estimate of drug-likeness (QED) is 0.0898. The Hall–Kier alpha value is -3.56. The fourth-order valence-corrected chi connectivity index (χ4v) is 7.30. The number of nitrogens with two attached hydrogens (primary N) is 3. The van der Waals surface area contributed by atoms with E-state index in [2.05, 4.69) is 21.3 Å².